The zero-order chi connectivity index (χ0) is 16.5. The Bertz CT molecular complexity index is 870. The van der Waals surface area contributed by atoms with Gasteiger partial charge in [0.1, 0.15) is 0 Å². The number of nitrogens with one attached hydrogen (secondary N) is 1. The highest BCUT2D eigenvalue weighted by atomic mass is 16.5. The Morgan fingerprint density at radius 3 is 2.62 bits per heavy atom. The molecule has 122 valence electrons. The number of hydrogen-bond acceptors (Lipinski definition) is 3. The van der Waals surface area contributed by atoms with Gasteiger partial charge in [-0.1, -0.05) is 24.3 Å². The number of aromatic nitrogens is 1. The predicted molar refractivity (Wildman–Crippen MR) is 94.0 cm³/mol. The van der Waals surface area contributed by atoms with Crippen molar-refractivity contribution in [2.75, 3.05) is 14.2 Å². The maximum Gasteiger partial charge on any atom is 0.161 e. The number of nitrogens with zero attached hydrogens (tertiary/aromatic N) is 1. The largest absolute Gasteiger partial charge is 0.493 e. The summed E-state index contributed by atoms with van der Waals surface area (Å²) in [5.74, 6) is 1.49. The molecule has 2 heterocycles. The zero-order valence-corrected chi connectivity index (χ0v) is 13.8. The van der Waals surface area contributed by atoms with Gasteiger partial charge in [-0.05, 0) is 41.5 Å². The van der Waals surface area contributed by atoms with Gasteiger partial charge in [0, 0.05) is 24.1 Å². The van der Waals surface area contributed by atoms with Crippen LogP contribution in [0.25, 0.3) is 5.69 Å². The lowest BCUT2D eigenvalue weighted by molar-refractivity contribution is 0.354. The molecule has 0 radical (unpaired) electrons. The highest BCUT2D eigenvalue weighted by Gasteiger charge is 2.23. The van der Waals surface area contributed by atoms with Crippen LogP contribution in [0.15, 0.2) is 60.8 Å². The van der Waals surface area contributed by atoms with Crippen molar-refractivity contribution in [1.29, 1.82) is 0 Å². The average Bonchev–Trinajstić information content (AvgIpc) is 3.05. The van der Waals surface area contributed by atoms with E-state index in [0.717, 1.165) is 23.6 Å². The summed E-state index contributed by atoms with van der Waals surface area (Å²) in [6, 6.07) is 18.9. The fraction of sp³-hybridized carbons (Fsp3) is 0.200. The molecule has 0 unspecified atom stereocenters. The molecule has 0 spiro atoms. The number of fused-ring (bicyclic) bond motifs is 3. The molecule has 3 aromatic rings. The summed E-state index contributed by atoms with van der Waals surface area (Å²) in [4.78, 5) is 0. The second kappa shape index (κ2) is 6.06. The molecule has 4 nitrogen and oxygen atoms in total. The number of hydrogen-bond donors (Lipinski definition) is 1. The van der Waals surface area contributed by atoms with Crippen molar-refractivity contribution in [3.05, 3.63) is 77.6 Å². The average molecular weight is 320 g/mol. The lowest BCUT2D eigenvalue weighted by Gasteiger charge is -2.19. The maximum atomic E-state index is 5.47. The van der Waals surface area contributed by atoms with E-state index in [1.807, 2.05) is 12.1 Å². The summed E-state index contributed by atoms with van der Waals surface area (Å²) in [7, 11) is 3.32. The minimum atomic E-state index is 0.0900. The van der Waals surface area contributed by atoms with Gasteiger partial charge in [0.2, 0.25) is 0 Å². The van der Waals surface area contributed by atoms with Gasteiger partial charge in [0.15, 0.2) is 11.5 Å². The van der Waals surface area contributed by atoms with E-state index in [0.29, 0.717) is 0 Å². The molecule has 1 atom stereocenters. The van der Waals surface area contributed by atoms with Gasteiger partial charge >= 0.3 is 0 Å². The number of methoxy groups -OCH3 is 2. The Balaban J connectivity index is 1.81. The van der Waals surface area contributed by atoms with E-state index in [-0.39, 0.29) is 6.04 Å². The molecule has 0 saturated carbocycles. The number of rotatable bonds is 3. The number of para-hydroxylation sites is 1. The van der Waals surface area contributed by atoms with Crippen molar-refractivity contribution in [3.8, 4) is 17.2 Å². The third kappa shape index (κ3) is 2.36. The van der Waals surface area contributed by atoms with E-state index < -0.39 is 0 Å². The van der Waals surface area contributed by atoms with Crippen LogP contribution < -0.4 is 14.8 Å². The first kappa shape index (κ1) is 14.8. The van der Waals surface area contributed by atoms with Crippen molar-refractivity contribution in [3.63, 3.8) is 0 Å². The zero-order valence-electron chi connectivity index (χ0n) is 13.8. The molecular formula is C20H20N2O2. The first-order valence-corrected chi connectivity index (χ1v) is 8.02. The smallest absolute Gasteiger partial charge is 0.161 e. The number of benzene rings is 2. The van der Waals surface area contributed by atoms with Gasteiger partial charge in [-0.3, -0.25) is 0 Å². The molecule has 4 rings (SSSR count). The third-order valence-corrected chi connectivity index (χ3v) is 4.56. The fourth-order valence-electron chi connectivity index (χ4n) is 3.38. The van der Waals surface area contributed by atoms with E-state index in [4.69, 9.17) is 9.47 Å². The van der Waals surface area contributed by atoms with E-state index >= 15 is 0 Å². The summed E-state index contributed by atoms with van der Waals surface area (Å²) in [6.45, 7) is 0.816. The van der Waals surface area contributed by atoms with E-state index in [9.17, 15) is 0 Å². The normalized spacial score (nSPS) is 16.0. The molecule has 0 aliphatic carbocycles. The Kier molecular flexibility index (Phi) is 3.75. The summed E-state index contributed by atoms with van der Waals surface area (Å²) in [5, 5.41) is 3.67. The lowest BCUT2D eigenvalue weighted by Crippen LogP contribution is -2.21. The first-order valence-electron chi connectivity index (χ1n) is 8.02. The molecule has 0 bridgehead atoms. The van der Waals surface area contributed by atoms with E-state index in [2.05, 4.69) is 58.5 Å². The maximum absolute atomic E-state index is 5.47. The lowest BCUT2D eigenvalue weighted by atomic mass is 10.0. The fourth-order valence-corrected chi connectivity index (χ4v) is 3.38. The summed E-state index contributed by atoms with van der Waals surface area (Å²) >= 11 is 0. The van der Waals surface area contributed by atoms with Crippen molar-refractivity contribution in [2.24, 2.45) is 0 Å². The van der Waals surface area contributed by atoms with Crippen molar-refractivity contribution < 1.29 is 9.47 Å². The van der Waals surface area contributed by atoms with Crippen LogP contribution in [0.3, 0.4) is 0 Å². The van der Waals surface area contributed by atoms with Crippen molar-refractivity contribution in [1.82, 2.24) is 9.88 Å². The van der Waals surface area contributed by atoms with Crippen LogP contribution in [0.4, 0.5) is 0 Å². The summed E-state index contributed by atoms with van der Waals surface area (Å²) < 4.78 is 13.1. The SMILES string of the molecule is COc1ccc([C@H]2NCc3ccccc3-n3cccc32)cc1OC. The molecule has 1 aromatic heterocycles. The summed E-state index contributed by atoms with van der Waals surface area (Å²) in [5.41, 5.74) is 4.89. The monoisotopic (exact) mass is 320 g/mol. The van der Waals surface area contributed by atoms with Crippen LogP contribution in [-0.2, 0) is 6.54 Å². The van der Waals surface area contributed by atoms with Gasteiger partial charge < -0.3 is 19.4 Å². The highest BCUT2D eigenvalue weighted by Crippen LogP contribution is 2.35. The quantitative estimate of drug-likeness (QED) is 0.799. The topological polar surface area (TPSA) is 35.4 Å². The van der Waals surface area contributed by atoms with Crippen LogP contribution in [0.5, 0.6) is 11.5 Å². The van der Waals surface area contributed by atoms with Gasteiger partial charge in [-0.15, -0.1) is 0 Å². The molecule has 0 fully saturated rings. The minimum absolute atomic E-state index is 0.0900. The molecule has 0 amide bonds. The van der Waals surface area contributed by atoms with Gasteiger partial charge in [-0.2, -0.15) is 0 Å². The first-order chi connectivity index (χ1) is 11.8. The predicted octanol–water partition coefficient (Wildman–Crippen LogP) is 3.69. The van der Waals surface area contributed by atoms with Crippen LogP contribution in [0.2, 0.25) is 0 Å². The molecule has 2 aromatic carbocycles. The molecule has 1 aliphatic heterocycles. The Labute approximate surface area is 141 Å². The highest BCUT2D eigenvalue weighted by molar-refractivity contribution is 5.49. The Morgan fingerprint density at radius 1 is 0.958 bits per heavy atom. The second-order valence-electron chi connectivity index (χ2n) is 5.86. The third-order valence-electron chi connectivity index (χ3n) is 4.56. The second-order valence-corrected chi connectivity index (χ2v) is 5.86. The van der Waals surface area contributed by atoms with Crippen LogP contribution in [-0.4, -0.2) is 18.8 Å². The van der Waals surface area contributed by atoms with E-state index in [1.165, 1.54) is 16.9 Å². The van der Waals surface area contributed by atoms with Crippen molar-refractivity contribution in [2.45, 2.75) is 12.6 Å². The van der Waals surface area contributed by atoms with Gasteiger partial charge in [0.25, 0.3) is 0 Å². The molecule has 4 heteroatoms. The standard InChI is InChI=1S/C20H20N2O2/c1-23-18-10-9-14(12-19(18)24-2)20-17-8-5-11-22(17)16-7-4-3-6-15(16)13-21-20/h3-12,20-21H,13H2,1-2H3/t20-/m1/s1. The Hall–Kier alpha value is -2.72. The van der Waals surface area contributed by atoms with Gasteiger partial charge in [0.05, 0.1) is 20.3 Å². The molecule has 24 heavy (non-hydrogen) atoms. The van der Waals surface area contributed by atoms with Crippen LogP contribution >= 0.6 is 0 Å². The van der Waals surface area contributed by atoms with Crippen LogP contribution in [0, 0.1) is 0 Å². The van der Waals surface area contributed by atoms with Crippen LogP contribution in [0.1, 0.15) is 22.9 Å². The summed E-state index contributed by atoms with van der Waals surface area (Å²) in [6.07, 6.45) is 2.12. The number of ether oxygens (including phenoxy) is 2. The molecular weight excluding hydrogens is 300 g/mol. The molecule has 1 N–H and O–H groups in total. The van der Waals surface area contributed by atoms with Crippen molar-refractivity contribution >= 4 is 0 Å². The van der Waals surface area contributed by atoms with E-state index in [1.54, 1.807) is 14.2 Å². The van der Waals surface area contributed by atoms with Gasteiger partial charge in [-0.25, -0.2) is 0 Å². The molecule has 1 aliphatic rings. The Morgan fingerprint density at radius 2 is 1.79 bits per heavy atom. The minimum Gasteiger partial charge on any atom is -0.493 e. The molecule has 0 saturated heterocycles.